The molecule has 1 aromatic carbocycles. The molecule has 0 spiro atoms. The lowest BCUT2D eigenvalue weighted by atomic mass is 9.80. The van der Waals surface area contributed by atoms with Gasteiger partial charge in [-0.15, -0.1) is 0 Å². The van der Waals surface area contributed by atoms with Crippen molar-refractivity contribution >= 4 is 5.84 Å². The van der Waals surface area contributed by atoms with Crippen LogP contribution in [0, 0.1) is 17.1 Å². The number of nitrogens with zero attached hydrogens (tertiary/aromatic N) is 1. The highest BCUT2D eigenvalue weighted by molar-refractivity contribution is 6.00. The summed E-state index contributed by atoms with van der Waals surface area (Å²) in [4.78, 5) is 2.12. The molecule has 0 amide bonds. The van der Waals surface area contributed by atoms with Crippen molar-refractivity contribution in [3.8, 4) is 0 Å². The maximum Gasteiger partial charge on any atom is 0.129 e. The summed E-state index contributed by atoms with van der Waals surface area (Å²) < 4.78 is 13.2. The Morgan fingerprint density at radius 3 is 2.82 bits per heavy atom. The lowest BCUT2D eigenvalue weighted by Crippen LogP contribution is -2.41. The Balaban J connectivity index is 1.85. The molecule has 1 saturated carbocycles. The van der Waals surface area contributed by atoms with Crippen molar-refractivity contribution in [1.82, 2.24) is 4.90 Å². The van der Waals surface area contributed by atoms with Crippen molar-refractivity contribution in [1.29, 1.82) is 5.41 Å². The number of hydrogen-bond donors (Lipinski definition) is 1. The van der Waals surface area contributed by atoms with Gasteiger partial charge >= 0.3 is 0 Å². The van der Waals surface area contributed by atoms with Crippen LogP contribution in [0.25, 0.3) is 0 Å². The summed E-state index contributed by atoms with van der Waals surface area (Å²) in [7, 11) is 0. The van der Waals surface area contributed by atoms with E-state index in [4.69, 9.17) is 5.41 Å². The fourth-order valence-corrected chi connectivity index (χ4v) is 2.85. The highest BCUT2D eigenvalue weighted by Gasteiger charge is 2.34. The van der Waals surface area contributed by atoms with Gasteiger partial charge in [-0.1, -0.05) is 12.5 Å². The molecule has 2 aliphatic rings. The predicted octanol–water partition coefficient (Wildman–Crippen LogP) is 3.16. The lowest BCUT2D eigenvalue weighted by molar-refractivity contribution is 0.166. The van der Waals surface area contributed by atoms with Crippen molar-refractivity contribution in [2.45, 2.75) is 38.8 Å². The van der Waals surface area contributed by atoms with Gasteiger partial charge in [-0.05, 0) is 43.4 Å². The minimum atomic E-state index is -0.244. The molecule has 1 N–H and O–H groups in total. The molecule has 1 fully saturated rings. The van der Waals surface area contributed by atoms with Gasteiger partial charge in [0.2, 0.25) is 0 Å². The van der Waals surface area contributed by atoms with Crippen LogP contribution >= 0.6 is 0 Å². The summed E-state index contributed by atoms with van der Waals surface area (Å²) in [5, 5.41) is 8.17. The third-order valence-corrected chi connectivity index (χ3v) is 4.28. The van der Waals surface area contributed by atoms with Gasteiger partial charge in [-0.2, -0.15) is 0 Å². The van der Waals surface area contributed by atoms with Crippen molar-refractivity contribution < 1.29 is 4.39 Å². The molecule has 3 heteroatoms. The third-order valence-electron chi connectivity index (χ3n) is 4.28. The molecule has 0 aromatic heterocycles. The van der Waals surface area contributed by atoms with Gasteiger partial charge in [0.1, 0.15) is 11.7 Å². The molecule has 90 valence electrons. The molecule has 1 aromatic rings. The fourth-order valence-electron chi connectivity index (χ4n) is 2.85. The first-order valence-corrected chi connectivity index (χ1v) is 6.31. The Morgan fingerprint density at radius 2 is 2.18 bits per heavy atom. The van der Waals surface area contributed by atoms with Crippen LogP contribution in [0.5, 0.6) is 0 Å². The summed E-state index contributed by atoms with van der Waals surface area (Å²) in [6.45, 7) is 2.96. The van der Waals surface area contributed by atoms with Gasteiger partial charge in [-0.25, -0.2) is 4.39 Å². The van der Waals surface area contributed by atoms with Gasteiger partial charge in [0.25, 0.3) is 0 Å². The second kappa shape index (κ2) is 3.83. The zero-order valence-corrected chi connectivity index (χ0v) is 10.0. The first-order valence-electron chi connectivity index (χ1n) is 6.31. The highest BCUT2D eigenvalue weighted by atomic mass is 19.1. The van der Waals surface area contributed by atoms with E-state index in [2.05, 4.69) is 11.8 Å². The molecule has 1 aliphatic carbocycles. The number of amidine groups is 1. The number of benzene rings is 1. The first-order chi connectivity index (χ1) is 8.16. The number of halogens is 1. The zero-order chi connectivity index (χ0) is 12.0. The minimum Gasteiger partial charge on any atom is -0.349 e. The Labute approximate surface area is 101 Å². The SMILES string of the molecule is CC(C1CCC1)N1Cc2ccc(F)cc2C1=N. The maximum atomic E-state index is 13.2. The van der Waals surface area contributed by atoms with E-state index >= 15 is 0 Å². The summed E-state index contributed by atoms with van der Waals surface area (Å²) >= 11 is 0. The van der Waals surface area contributed by atoms with Crippen LogP contribution < -0.4 is 0 Å². The first kappa shape index (κ1) is 10.8. The van der Waals surface area contributed by atoms with Crippen LogP contribution in [0.4, 0.5) is 4.39 Å². The predicted molar refractivity (Wildman–Crippen MR) is 65.6 cm³/mol. The maximum absolute atomic E-state index is 13.2. The number of hydrogen-bond acceptors (Lipinski definition) is 1. The van der Waals surface area contributed by atoms with Crippen LogP contribution in [-0.4, -0.2) is 16.8 Å². The molecular formula is C14H17FN2. The average Bonchev–Trinajstić information content (AvgIpc) is 2.54. The largest absolute Gasteiger partial charge is 0.349 e. The quantitative estimate of drug-likeness (QED) is 0.833. The standard InChI is InChI=1S/C14H17FN2/c1-9(10-3-2-4-10)17-8-11-5-6-12(15)7-13(11)14(17)16/h5-7,9-10,16H,2-4,8H2,1H3. The van der Waals surface area contributed by atoms with Crippen molar-refractivity contribution in [3.05, 3.63) is 35.1 Å². The Kier molecular flexibility index (Phi) is 2.42. The smallest absolute Gasteiger partial charge is 0.129 e. The van der Waals surface area contributed by atoms with E-state index in [1.54, 1.807) is 0 Å². The molecule has 2 nitrogen and oxygen atoms in total. The lowest BCUT2D eigenvalue weighted by Gasteiger charge is -2.38. The molecule has 3 rings (SSSR count). The molecule has 0 radical (unpaired) electrons. The van der Waals surface area contributed by atoms with E-state index in [1.807, 2.05) is 6.07 Å². The van der Waals surface area contributed by atoms with E-state index in [0.717, 1.165) is 23.6 Å². The summed E-state index contributed by atoms with van der Waals surface area (Å²) in [5.74, 6) is 0.972. The van der Waals surface area contributed by atoms with E-state index in [9.17, 15) is 4.39 Å². The molecular weight excluding hydrogens is 215 g/mol. The zero-order valence-electron chi connectivity index (χ0n) is 10.0. The molecule has 1 unspecified atom stereocenters. The van der Waals surface area contributed by atoms with Crippen LogP contribution in [0.2, 0.25) is 0 Å². The molecule has 1 atom stereocenters. The minimum absolute atomic E-state index is 0.244. The van der Waals surface area contributed by atoms with Gasteiger partial charge < -0.3 is 4.90 Å². The molecule has 1 aliphatic heterocycles. The molecule has 0 saturated heterocycles. The number of nitrogens with one attached hydrogen (secondary N) is 1. The molecule has 0 bridgehead atoms. The summed E-state index contributed by atoms with van der Waals surface area (Å²) in [6, 6.07) is 5.20. The van der Waals surface area contributed by atoms with E-state index < -0.39 is 0 Å². The topological polar surface area (TPSA) is 27.1 Å². The van der Waals surface area contributed by atoms with Gasteiger partial charge in [0.15, 0.2) is 0 Å². The number of rotatable bonds is 2. The third kappa shape index (κ3) is 1.65. The van der Waals surface area contributed by atoms with Crippen molar-refractivity contribution in [2.24, 2.45) is 5.92 Å². The fraction of sp³-hybridized carbons (Fsp3) is 0.500. The number of fused-ring (bicyclic) bond motifs is 1. The van der Waals surface area contributed by atoms with Crippen LogP contribution in [-0.2, 0) is 6.54 Å². The van der Waals surface area contributed by atoms with Gasteiger partial charge in [-0.3, -0.25) is 5.41 Å². The van der Waals surface area contributed by atoms with Gasteiger partial charge in [0, 0.05) is 18.2 Å². The van der Waals surface area contributed by atoms with Crippen LogP contribution in [0.15, 0.2) is 18.2 Å². The normalized spacial score (nSPS) is 21.3. The van der Waals surface area contributed by atoms with Crippen LogP contribution in [0.3, 0.4) is 0 Å². The van der Waals surface area contributed by atoms with E-state index in [0.29, 0.717) is 11.9 Å². The average molecular weight is 232 g/mol. The second-order valence-corrected chi connectivity index (χ2v) is 5.21. The molecule has 1 heterocycles. The Bertz CT molecular complexity index is 465. The van der Waals surface area contributed by atoms with Gasteiger partial charge in [0.05, 0.1) is 0 Å². The Hall–Kier alpha value is -1.38. The van der Waals surface area contributed by atoms with Crippen molar-refractivity contribution in [3.63, 3.8) is 0 Å². The summed E-state index contributed by atoms with van der Waals surface area (Å²) in [6.07, 6.45) is 3.86. The van der Waals surface area contributed by atoms with E-state index in [-0.39, 0.29) is 5.82 Å². The monoisotopic (exact) mass is 232 g/mol. The molecule has 17 heavy (non-hydrogen) atoms. The van der Waals surface area contributed by atoms with E-state index in [1.165, 1.54) is 31.4 Å². The van der Waals surface area contributed by atoms with Crippen molar-refractivity contribution in [2.75, 3.05) is 0 Å². The summed E-state index contributed by atoms with van der Waals surface area (Å²) in [5.41, 5.74) is 1.86. The second-order valence-electron chi connectivity index (χ2n) is 5.21. The Morgan fingerprint density at radius 1 is 1.41 bits per heavy atom. The highest BCUT2D eigenvalue weighted by Crippen LogP contribution is 2.35. The van der Waals surface area contributed by atoms with Crippen LogP contribution in [0.1, 0.15) is 37.3 Å².